The Bertz CT molecular complexity index is 347. The van der Waals surface area contributed by atoms with Crippen LogP contribution in [-0.4, -0.2) is 23.2 Å². The standard InChI is InChI=1S/C10H11NO3/c1-14-10-8(5-3-7-11-10)4-2-6-9(12)13/h2-5,7H,6H2,1H3,(H,12,13). The Balaban J connectivity index is 2.75. The molecule has 0 saturated carbocycles. The van der Waals surface area contributed by atoms with Gasteiger partial charge >= 0.3 is 5.97 Å². The predicted molar refractivity (Wildman–Crippen MR) is 52.1 cm³/mol. The normalized spacial score (nSPS) is 10.4. The van der Waals surface area contributed by atoms with Gasteiger partial charge in [-0.2, -0.15) is 0 Å². The van der Waals surface area contributed by atoms with Crippen LogP contribution in [0.15, 0.2) is 24.4 Å². The van der Waals surface area contributed by atoms with Crippen molar-refractivity contribution in [2.45, 2.75) is 6.42 Å². The van der Waals surface area contributed by atoms with Crippen molar-refractivity contribution in [3.63, 3.8) is 0 Å². The van der Waals surface area contributed by atoms with Crippen molar-refractivity contribution in [1.82, 2.24) is 4.98 Å². The first kappa shape index (κ1) is 10.2. The summed E-state index contributed by atoms with van der Waals surface area (Å²) >= 11 is 0. The predicted octanol–water partition coefficient (Wildman–Crippen LogP) is 1.58. The molecule has 1 heterocycles. The van der Waals surface area contributed by atoms with Gasteiger partial charge in [-0.25, -0.2) is 4.98 Å². The van der Waals surface area contributed by atoms with Gasteiger partial charge in [0.2, 0.25) is 5.88 Å². The Morgan fingerprint density at radius 2 is 2.50 bits per heavy atom. The molecule has 1 aromatic rings. The summed E-state index contributed by atoms with van der Waals surface area (Å²) < 4.78 is 4.99. The van der Waals surface area contributed by atoms with Crippen molar-refractivity contribution >= 4 is 12.0 Å². The lowest BCUT2D eigenvalue weighted by atomic mass is 10.2. The topological polar surface area (TPSA) is 59.4 Å². The van der Waals surface area contributed by atoms with Crippen LogP contribution < -0.4 is 4.74 Å². The van der Waals surface area contributed by atoms with E-state index >= 15 is 0 Å². The van der Waals surface area contributed by atoms with E-state index in [0.29, 0.717) is 5.88 Å². The summed E-state index contributed by atoms with van der Waals surface area (Å²) in [4.78, 5) is 14.2. The smallest absolute Gasteiger partial charge is 0.307 e. The molecule has 0 spiro atoms. The van der Waals surface area contributed by atoms with Crippen LogP contribution >= 0.6 is 0 Å². The highest BCUT2D eigenvalue weighted by Crippen LogP contribution is 2.15. The minimum Gasteiger partial charge on any atom is -0.481 e. The maximum atomic E-state index is 10.2. The third kappa shape index (κ3) is 2.90. The van der Waals surface area contributed by atoms with Crippen LogP contribution in [0.25, 0.3) is 6.08 Å². The molecule has 0 aliphatic heterocycles. The number of nitrogens with zero attached hydrogens (tertiary/aromatic N) is 1. The first-order chi connectivity index (χ1) is 6.74. The number of ether oxygens (including phenoxy) is 1. The molecule has 0 aliphatic carbocycles. The molecular weight excluding hydrogens is 182 g/mol. The third-order valence-electron chi connectivity index (χ3n) is 1.58. The second kappa shape index (κ2) is 5.01. The number of pyridine rings is 1. The van der Waals surface area contributed by atoms with Crippen molar-refractivity contribution in [2.24, 2.45) is 0 Å². The molecule has 0 unspecified atom stereocenters. The molecule has 14 heavy (non-hydrogen) atoms. The van der Waals surface area contributed by atoms with Crippen molar-refractivity contribution < 1.29 is 14.6 Å². The van der Waals surface area contributed by atoms with Gasteiger partial charge < -0.3 is 9.84 Å². The van der Waals surface area contributed by atoms with E-state index in [1.807, 2.05) is 6.07 Å². The van der Waals surface area contributed by atoms with Crippen LogP contribution in [0.1, 0.15) is 12.0 Å². The van der Waals surface area contributed by atoms with E-state index in [9.17, 15) is 4.79 Å². The van der Waals surface area contributed by atoms with Gasteiger partial charge in [-0.3, -0.25) is 4.79 Å². The maximum absolute atomic E-state index is 10.2. The monoisotopic (exact) mass is 193 g/mol. The zero-order chi connectivity index (χ0) is 10.4. The molecule has 1 aromatic heterocycles. The SMILES string of the molecule is COc1ncccc1C=CCC(=O)O. The highest BCUT2D eigenvalue weighted by atomic mass is 16.5. The Kier molecular flexibility index (Phi) is 3.67. The van der Waals surface area contributed by atoms with Crippen LogP contribution in [0.4, 0.5) is 0 Å². The van der Waals surface area contributed by atoms with Crippen molar-refractivity contribution in [3.05, 3.63) is 30.0 Å². The average molecular weight is 193 g/mol. The minimum absolute atomic E-state index is 0.00194. The molecule has 0 aromatic carbocycles. The third-order valence-corrected chi connectivity index (χ3v) is 1.58. The second-order valence-corrected chi connectivity index (χ2v) is 2.60. The highest BCUT2D eigenvalue weighted by molar-refractivity contribution is 5.70. The van der Waals surface area contributed by atoms with E-state index in [2.05, 4.69) is 4.98 Å². The van der Waals surface area contributed by atoms with Gasteiger partial charge in [0.25, 0.3) is 0 Å². The average Bonchev–Trinajstić information content (AvgIpc) is 2.18. The van der Waals surface area contributed by atoms with Gasteiger partial charge in [0, 0.05) is 11.8 Å². The molecule has 0 amide bonds. The molecule has 0 fully saturated rings. The molecule has 0 saturated heterocycles. The Morgan fingerprint density at radius 1 is 1.71 bits per heavy atom. The van der Waals surface area contributed by atoms with Gasteiger partial charge in [0.15, 0.2) is 0 Å². The minimum atomic E-state index is -0.857. The second-order valence-electron chi connectivity index (χ2n) is 2.60. The molecular formula is C10H11NO3. The first-order valence-electron chi connectivity index (χ1n) is 4.11. The lowest BCUT2D eigenvalue weighted by molar-refractivity contribution is -0.135. The molecule has 4 heteroatoms. The van der Waals surface area contributed by atoms with Crippen LogP contribution in [0.3, 0.4) is 0 Å². The number of hydrogen-bond donors (Lipinski definition) is 1. The number of rotatable bonds is 4. The molecule has 0 aliphatic rings. The molecule has 0 radical (unpaired) electrons. The van der Waals surface area contributed by atoms with Crippen LogP contribution in [0.2, 0.25) is 0 Å². The number of carbonyl (C=O) groups is 1. The van der Waals surface area contributed by atoms with E-state index in [4.69, 9.17) is 9.84 Å². The van der Waals surface area contributed by atoms with E-state index in [0.717, 1.165) is 5.56 Å². The quantitative estimate of drug-likeness (QED) is 0.788. The molecule has 0 bridgehead atoms. The number of hydrogen-bond acceptors (Lipinski definition) is 3. The number of carboxylic acids is 1. The summed E-state index contributed by atoms with van der Waals surface area (Å²) in [5, 5.41) is 8.42. The first-order valence-corrected chi connectivity index (χ1v) is 4.11. The maximum Gasteiger partial charge on any atom is 0.307 e. The highest BCUT2D eigenvalue weighted by Gasteiger charge is 1.98. The van der Waals surface area contributed by atoms with Crippen LogP contribution in [-0.2, 0) is 4.79 Å². The van der Waals surface area contributed by atoms with Gasteiger partial charge in [-0.15, -0.1) is 0 Å². The summed E-state index contributed by atoms with van der Waals surface area (Å²) in [6.07, 6.45) is 4.85. The molecule has 4 nitrogen and oxygen atoms in total. The fourth-order valence-corrected chi connectivity index (χ4v) is 0.987. The van der Waals surface area contributed by atoms with Crippen molar-refractivity contribution in [1.29, 1.82) is 0 Å². The van der Waals surface area contributed by atoms with Gasteiger partial charge in [0.1, 0.15) is 0 Å². The van der Waals surface area contributed by atoms with E-state index < -0.39 is 5.97 Å². The van der Waals surface area contributed by atoms with Gasteiger partial charge in [0.05, 0.1) is 13.5 Å². The van der Waals surface area contributed by atoms with Crippen LogP contribution in [0.5, 0.6) is 5.88 Å². The molecule has 1 rings (SSSR count). The van der Waals surface area contributed by atoms with Crippen molar-refractivity contribution in [3.8, 4) is 5.88 Å². The van der Waals surface area contributed by atoms with Gasteiger partial charge in [-0.05, 0) is 12.1 Å². The number of aliphatic carboxylic acids is 1. The van der Waals surface area contributed by atoms with E-state index in [1.54, 1.807) is 24.4 Å². The van der Waals surface area contributed by atoms with E-state index in [-0.39, 0.29) is 6.42 Å². The molecule has 0 atom stereocenters. The lowest BCUT2D eigenvalue weighted by Gasteiger charge is -2.01. The fourth-order valence-electron chi connectivity index (χ4n) is 0.987. The summed E-state index contributed by atoms with van der Waals surface area (Å²) in [5.41, 5.74) is 0.774. The zero-order valence-corrected chi connectivity index (χ0v) is 7.80. The zero-order valence-electron chi connectivity index (χ0n) is 7.80. The summed E-state index contributed by atoms with van der Waals surface area (Å²) in [6.45, 7) is 0. The van der Waals surface area contributed by atoms with Gasteiger partial charge in [-0.1, -0.05) is 12.2 Å². The number of carboxylic acid groups (broad SMARTS) is 1. The lowest BCUT2D eigenvalue weighted by Crippen LogP contribution is -1.91. The van der Waals surface area contributed by atoms with Crippen molar-refractivity contribution in [2.75, 3.05) is 7.11 Å². The summed E-state index contributed by atoms with van der Waals surface area (Å²) in [6, 6.07) is 3.58. The number of methoxy groups -OCH3 is 1. The summed E-state index contributed by atoms with van der Waals surface area (Å²) in [7, 11) is 1.52. The molecule has 74 valence electrons. The molecule has 1 N–H and O–H groups in total. The Hall–Kier alpha value is -1.84. The largest absolute Gasteiger partial charge is 0.481 e. The van der Waals surface area contributed by atoms with E-state index in [1.165, 1.54) is 7.11 Å². The number of aromatic nitrogens is 1. The summed E-state index contributed by atoms with van der Waals surface area (Å²) in [5.74, 6) is -0.363. The Labute approximate surface area is 81.9 Å². The fraction of sp³-hybridized carbons (Fsp3) is 0.200. The Morgan fingerprint density at radius 3 is 3.14 bits per heavy atom. The van der Waals surface area contributed by atoms with Crippen LogP contribution in [0, 0.1) is 0 Å².